The Hall–Kier alpha value is -0.570. The van der Waals surface area contributed by atoms with Crippen LogP contribution < -0.4 is 5.32 Å². The van der Waals surface area contributed by atoms with Gasteiger partial charge in [0.1, 0.15) is 0 Å². The van der Waals surface area contributed by atoms with Crippen LogP contribution in [0.4, 0.5) is 0 Å². The highest BCUT2D eigenvalue weighted by Gasteiger charge is 2.21. The number of likely N-dealkylation sites (tertiary alicyclic amines) is 1. The Kier molecular flexibility index (Phi) is 6.69. The number of nitrogens with one attached hydrogen (secondary N) is 1. The van der Waals surface area contributed by atoms with Gasteiger partial charge in [0.05, 0.1) is 6.04 Å². The molecule has 0 radical (unpaired) electrons. The van der Waals surface area contributed by atoms with E-state index in [9.17, 15) is 4.79 Å². The SMILES string of the molecule is CC(NCC(C)C(C)C)C(=O)N1CCCCCC1. The molecule has 1 rings (SSSR count). The lowest BCUT2D eigenvalue weighted by atomic mass is 9.98. The molecule has 0 saturated carbocycles. The van der Waals surface area contributed by atoms with Crippen LogP contribution in [0.15, 0.2) is 0 Å². The first-order valence-electron chi connectivity index (χ1n) is 7.54. The molecular formula is C15H30N2O. The van der Waals surface area contributed by atoms with E-state index in [1.165, 1.54) is 25.7 Å². The molecule has 18 heavy (non-hydrogen) atoms. The Morgan fingerprint density at radius 2 is 1.61 bits per heavy atom. The molecule has 0 aliphatic carbocycles. The van der Waals surface area contributed by atoms with E-state index in [0.717, 1.165) is 19.6 Å². The van der Waals surface area contributed by atoms with Crippen molar-refractivity contribution >= 4 is 5.91 Å². The monoisotopic (exact) mass is 254 g/mol. The summed E-state index contributed by atoms with van der Waals surface area (Å²) in [5.41, 5.74) is 0. The maximum atomic E-state index is 12.3. The van der Waals surface area contributed by atoms with Gasteiger partial charge in [0.25, 0.3) is 0 Å². The van der Waals surface area contributed by atoms with Gasteiger partial charge in [-0.2, -0.15) is 0 Å². The summed E-state index contributed by atoms with van der Waals surface area (Å²) in [4.78, 5) is 14.3. The molecule has 0 aromatic rings. The minimum absolute atomic E-state index is 0.0377. The van der Waals surface area contributed by atoms with Crippen LogP contribution in [0, 0.1) is 11.8 Å². The van der Waals surface area contributed by atoms with Crippen molar-refractivity contribution in [2.45, 2.75) is 59.4 Å². The van der Waals surface area contributed by atoms with Gasteiger partial charge in [0.15, 0.2) is 0 Å². The molecular weight excluding hydrogens is 224 g/mol. The van der Waals surface area contributed by atoms with Crippen LogP contribution in [0.5, 0.6) is 0 Å². The van der Waals surface area contributed by atoms with Crippen LogP contribution in [-0.4, -0.2) is 36.5 Å². The summed E-state index contributed by atoms with van der Waals surface area (Å²) >= 11 is 0. The van der Waals surface area contributed by atoms with E-state index in [1.807, 2.05) is 11.8 Å². The molecule has 0 spiro atoms. The first-order chi connectivity index (χ1) is 8.52. The number of carbonyl (C=O) groups is 1. The summed E-state index contributed by atoms with van der Waals surface area (Å²) < 4.78 is 0. The lowest BCUT2D eigenvalue weighted by molar-refractivity contribution is -0.133. The van der Waals surface area contributed by atoms with Gasteiger partial charge in [-0.05, 0) is 38.1 Å². The van der Waals surface area contributed by atoms with Gasteiger partial charge in [-0.15, -0.1) is 0 Å². The molecule has 106 valence electrons. The molecule has 3 nitrogen and oxygen atoms in total. The largest absolute Gasteiger partial charge is 0.341 e. The summed E-state index contributed by atoms with van der Waals surface area (Å²) in [6.45, 7) is 11.5. The lowest BCUT2D eigenvalue weighted by Crippen LogP contribution is -2.46. The summed E-state index contributed by atoms with van der Waals surface area (Å²) in [6, 6.07) is -0.0377. The first kappa shape index (κ1) is 15.5. The fourth-order valence-electron chi connectivity index (χ4n) is 2.25. The molecule has 3 heteroatoms. The fraction of sp³-hybridized carbons (Fsp3) is 0.933. The second-order valence-corrected chi connectivity index (χ2v) is 6.09. The Bertz CT molecular complexity index is 245. The van der Waals surface area contributed by atoms with Gasteiger partial charge in [0, 0.05) is 13.1 Å². The van der Waals surface area contributed by atoms with Crippen molar-refractivity contribution in [2.75, 3.05) is 19.6 Å². The van der Waals surface area contributed by atoms with E-state index >= 15 is 0 Å². The fourth-order valence-corrected chi connectivity index (χ4v) is 2.25. The minimum atomic E-state index is -0.0377. The van der Waals surface area contributed by atoms with Crippen LogP contribution in [-0.2, 0) is 4.79 Å². The molecule has 1 aliphatic heterocycles. The molecule has 0 aromatic carbocycles. The average Bonchev–Trinajstić information content (AvgIpc) is 2.63. The first-order valence-corrected chi connectivity index (χ1v) is 7.54. The van der Waals surface area contributed by atoms with Crippen LogP contribution in [0.1, 0.15) is 53.4 Å². The van der Waals surface area contributed by atoms with E-state index < -0.39 is 0 Å². The van der Waals surface area contributed by atoms with Gasteiger partial charge in [-0.1, -0.05) is 33.6 Å². The second kappa shape index (κ2) is 7.78. The third kappa shape index (κ3) is 4.97. The van der Waals surface area contributed by atoms with Crippen LogP contribution >= 0.6 is 0 Å². The number of hydrogen-bond acceptors (Lipinski definition) is 2. The van der Waals surface area contributed by atoms with Gasteiger partial charge >= 0.3 is 0 Å². The quantitative estimate of drug-likeness (QED) is 0.818. The molecule has 2 unspecified atom stereocenters. The normalized spacial score (nSPS) is 20.6. The Balaban J connectivity index is 2.35. The molecule has 1 aliphatic rings. The third-order valence-electron chi connectivity index (χ3n) is 4.17. The standard InChI is InChI=1S/C15H30N2O/c1-12(2)13(3)11-16-14(4)15(18)17-9-7-5-6-8-10-17/h12-14,16H,5-11H2,1-4H3. The van der Waals surface area contributed by atoms with E-state index in [2.05, 4.69) is 26.1 Å². The smallest absolute Gasteiger partial charge is 0.239 e. The Morgan fingerprint density at radius 3 is 2.11 bits per heavy atom. The summed E-state index contributed by atoms with van der Waals surface area (Å²) in [5.74, 6) is 1.57. The number of nitrogens with zero attached hydrogens (tertiary/aromatic N) is 1. The summed E-state index contributed by atoms with van der Waals surface area (Å²) in [7, 11) is 0. The Labute approximate surface area is 112 Å². The van der Waals surface area contributed by atoms with Crippen molar-refractivity contribution in [1.82, 2.24) is 10.2 Å². The predicted molar refractivity (Wildman–Crippen MR) is 76.5 cm³/mol. The number of hydrogen-bond donors (Lipinski definition) is 1. The van der Waals surface area contributed by atoms with Crippen molar-refractivity contribution in [1.29, 1.82) is 0 Å². The van der Waals surface area contributed by atoms with E-state index in [-0.39, 0.29) is 11.9 Å². The van der Waals surface area contributed by atoms with E-state index in [4.69, 9.17) is 0 Å². The maximum Gasteiger partial charge on any atom is 0.239 e. The summed E-state index contributed by atoms with van der Waals surface area (Å²) in [6.07, 6.45) is 4.88. The molecule has 1 N–H and O–H groups in total. The van der Waals surface area contributed by atoms with Gasteiger partial charge in [0.2, 0.25) is 5.91 Å². The van der Waals surface area contributed by atoms with Crippen molar-refractivity contribution in [3.63, 3.8) is 0 Å². The highest BCUT2D eigenvalue weighted by atomic mass is 16.2. The van der Waals surface area contributed by atoms with Gasteiger partial charge in [-0.3, -0.25) is 4.79 Å². The van der Waals surface area contributed by atoms with Gasteiger partial charge in [-0.25, -0.2) is 0 Å². The number of amides is 1. The molecule has 1 fully saturated rings. The van der Waals surface area contributed by atoms with E-state index in [0.29, 0.717) is 11.8 Å². The predicted octanol–water partition coefficient (Wildman–Crippen LogP) is 2.66. The molecule has 1 amide bonds. The zero-order chi connectivity index (χ0) is 13.5. The molecule has 1 heterocycles. The van der Waals surface area contributed by atoms with Crippen molar-refractivity contribution in [3.05, 3.63) is 0 Å². The van der Waals surface area contributed by atoms with Crippen molar-refractivity contribution in [3.8, 4) is 0 Å². The number of rotatable bonds is 5. The van der Waals surface area contributed by atoms with Crippen molar-refractivity contribution in [2.24, 2.45) is 11.8 Å². The molecule has 0 bridgehead atoms. The minimum Gasteiger partial charge on any atom is -0.341 e. The number of carbonyl (C=O) groups excluding carboxylic acids is 1. The molecule has 2 atom stereocenters. The van der Waals surface area contributed by atoms with Crippen LogP contribution in [0.2, 0.25) is 0 Å². The maximum absolute atomic E-state index is 12.3. The Morgan fingerprint density at radius 1 is 1.06 bits per heavy atom. The highest BCUT2D eigenvalue weighted by Crippen LogP contribution is 2.12. The molecule has 0 aromatic heterocycles. The van der Waals surface area contributed by atoms with Crippen molar-refractivity contribution < 1.29 is 4.79 Å². The lowest BCUT2D eigenvalue weighted by Gasteiger charge is -2.26. The van der Waals surface area contributed by atoms with E-state index in [1.54, 1.807) is 0 Å². The zero-order valence-corrected chi connectivity index (χ0v) is 12.5. The van der Waals surface area contributed by atoms with Crippen LogP contribution in [0.3, 0.4) is 0 Å². The average molecular weight is 254 g/mol. The van der Waals surface area contributed by atoms with Gasteiger partial charge < -0.3 is 10.2 Å². The summed E-state index contributed by atoms with van der Waals surface area (Å²) in [5, 5.41) is 3.39. The zero-order valence-electron chi connectivity index (χ0n) is 12.5. The topological polar surface area (TPSA) is 32.3 Å². The van der Waals surface area contributed by atoms with Crippen LogP contribution in [0.25, 0.3) is 0 Å². The highest BCUT2D eigenvalue weighted by molar-refractivity contribution is 5.81. The third-order valence-corrected chi connectivity index (χ3v) is 4.17. The second-order valence-electron chi connectivity index (χ2n) is 6.09. The molecule has 1 saturated heterocycles.